The summed E-state index contributed by atoms with van der Waals surface area (Å²) in [5.41, 5.74) is 0.364. The Morgan fingerprint density at radius 2 is 2.15 bits per heavy atom. The van der Waals surface area contributed by atoms with Gasteiger partial charge >= 0.3 is 0 Å². The van der Waals surface area contributed by atoms with E-state index in [-0.39, 0.29) is 0 Å². The maximum absolute atomic E-state index is 9.23. The van der Waals surface area contributed by atoms with E-state index in [4.69, 9.17) is 0 Å². The summed E-state index contributed by atoms with van der Waals surface area (Å²) in [6, 6.07) is 0.512. The molecular weight excluding hydrogens is 162 g/mol. The van der Waals surface area contributed by atoms with Gasteiger partial charge in [-0.05, 0) is 37.1 Å². The lowest BCUT2D eigenvalue weighted by molar-refractivity contribution is 0.172. The van der Waals surface area contributed by atoms with Crippen molar-refractivity contribution in [2.75, 3.05) is 13.2 Å². The molecule has 0 heterocycles. The van der Waals surface area contributed by atoms with Crippen molar-refractivity contribution in [2.24, 2.45) is 11.3 Å². The fourth-order valence-electron chi connectivity index (χ4n) is 2.46. The first-order valence-corrected chi connectivity index (χ1v) is 5.46. The molecule has 1 aliphatic carbocycles. The summed E-state index contributed by atoms with van der Waals surface area (Å²) in [6.07, 6.45) is 3.58. The van der Waals surface area contributed by atoms with Crippen LogP contribution in [0.3, 0.4) is 0 Å². The van der Waals surface area contributed by atoms with E-state index in [2.05, 4.69) is 26.1 Å². The van der Waals surface area contributed by atoms with E-state index in [1.807, 2.05) is 0 Å². The number of hydrogen-bond acceptors (Lipinski definition) is 2. The van der Waals surface area contributed by atoms with Crippen molar-refractivity contribution in [3.8, 4) is 0 Å². The molecule has 1 rings (SSSR count). The van der Waals surface area contributed by atoms with Gasteiger partial charge in [0.1, 0.15) is 0 Å². The van der Waals surface area contributed by atoms with Gasteiger partial charge in [-0.25, -0.2) is 0 Å². The Hall–Kier alpha value is -0.0800. The van der Waals surface area contributed by atoms with Gasteiger partial charge in [-0.1, -0.05) is 20.8 Å². The molecule has 0 radical (unpaired) electrons. The molecule has 0 amide bonds. The van der Waals surface area contributed by atoms with E-state index >= 15 is 0 Å². The van der Waals surface area contributed by atoms with Crippen molar-refractivity contribution in [1.29, 1.82) is 0 Å². The summed E-state index contributed by atoms with van der Waals surface area (Å²) in [4.78, 5) is 0. The van der Waals surface area contributed by atoms with Gasteiger partial charge in [0.25, 0.3) is 0 Å². The summed E-state index contributed by atoms with van der Waals surface area (Å²) in [7, 11) is 0. The fraction of sp³-hybridized carbons (Fsp3) is 1.00. The summed E-state index contributed by atoms with van der Waals surface area (Å²) < 4.78 is 0. The second kappa shape index (κ2) is 4.43. The molecule has 13 heavy (non-hydrogen) atoms. The second-order valence-corrected chi connectivity index (χ2v) is 4.90. The van der Waals surface area contributed by atoms with Crippen molar-refractivity contribution in [3.05, 3.63) is 0 Å². The smallest absolute Gasteiger partial charge is 0.0474 e. The molecule has 0 spiro atoms. The van der Waals surface area contributed by atoms with Crippen LogP contribution in [0, 0.1) is 11.3 Å². The van der Waals surface area contributed by atoms with Crippen LogP contribution in [0.4, 0.5) is 0 Å². The number of hydrogen-bond donors (Lipinski definition) is 2. The van der Waals surface area contributed by atoms with Crippen LogP contribution in [0.25, 0.3) is 0 Å². The lowest BCUT2D eigenvalue weighted by Crippen LogP contribution is -2.43. The Kier molecular flexibility index (Phi) is 3.74. The second-order valence-electron chi connectivity index (χ2n) is 4.90. The molecule has 0 aromatic rings. The Morgan fingerprint density at radius 1 is 1.46 bits per heavy atom. The molecule has 1 fully saturated rings. The molecule has 0 aromatic carbocycles. The summed E-state index contributed by atoms with van der Waals surface area (Å²) >= 11 is 0. The number of nitrogens with one attached hydrogen (secondary N) is 1. The topological polar surface area (TPSA) is 32.3 Å². The van der Waals surface area contributed by atoms with Gasteiger partial charge in [0.05, 0.1) is 0 Å². The predicted molar refractivity (Wildman–Crippen MR) is 55.7 cm³/mol. The summed E-state index contributed by atoms with van der Waals surface area (Å²) in [5.74, 6) is 0.474. The first-order chi connectivity index (χ1) is 6.11. The van der Waals surface area contributed by atoms with Crippen LogP contribution >= 0.6 is 0 Å². The maximum Gasteiger partial charge on any atom is 0.0474 e. The zero-order chi connectivity index (χ0) is 9.90. The first kappa shape index (κ1) is 11.0. The normalized spacial score (nSPS) is 32.3. The zero-order valence-electron chi connectivity index (χ0n) is 9.14. The third kappa shape index (κ3) is 2.44. The van der Waals surface area contributed by atoms with Crippen LogP contribution in [-0.4, -0.2) is 24.3 Å². The molecule has 2 atom stereocenters. The van der Waals surface area contributed by atoms with Gasteiger partial charge in [-0.2, -0.15) is 0 Å². The highest BCUT2D eigenvalue weighted by molar-refractivity contribution is 4.95. The van der Waals surface area contributed by atoms with Crippen molar-refractivity contribution in [1.82, 2.24) is 5.32 Å². The highest BCUT2D eigenvalue weighted by atomic mass is 16.3. The highest BCUT2D eigenvalue weighted by Crippen LogP contribution is 2.40. The minimum atomic E-state index is 0.338. The number of aliphatic hydroxyl groups is 1. The van der Waals surface area contributed by atoms with E-state index in [1.54, 1.807) is 0 Å². The third-order valence-electron chi connectivity index (χ3n) is 3.32. The maximum atomic E-state index is 9.23. The molecule has 78 valence electrons. The van der Waals surface area contributed by atoms with Crippen LogP contribution < -0.4 is 5.32 Å². The van der Waals surface area contributed by atoms with Gasteiger partial charge in [-0.15, -0.1) is 0 Å². The predicted octanol–water partition coefficient (Wildman–Crippen LogP) is 1.78. The van der Waals surface area contributed by atoms with Crippen LogP contribution in [0.1, 0.15) is 40.0 Å². The standard InChI is InChI=1S/C11H23NO/c1-4-7-12-10-9(8-13)5-6-11(10,2)3/h9-10,12-13H,4-8H2,1-3H3. The van der Waals surface area contributed by atoms with E-state index < -0.39 is 0 Å². The van der Waals surface area contributed by atoms with Gasteiger partial charge in [0, 0.05) is 12.6 Å². The molecule has 2 heteroatoms. The zero-order valence-corrected chi connectivity index (χ0v) is 9.14. The minimum absolute atomic E-state index is 0.338. The molecule has 0 aliphatic heterocycles. The summed E-state index contributed by atoms with van der Waals surface area (Å²) in [6.45, 7) is 8.20. The Balaban J connectivity index is 2.52. The van der Waals surface area contributed by atoms with Crippen molar-refractivity contribution < 1.29 is 5.11 Å². The quantitative estimate of drug-likeness (QED) is 0.700. The fourth-order valence-corrected chi connectivity index (χ4v) is 2.46. The van der Waals surface area contributed by atoms with Gasteiger partial charge in [0.2, 0.25) is 0 Å². The molecule has 2 nitrogen and oxygen atoms in total. The lowest BCUT2D eigenvalue weighted by Gasteiger charge is -2.31. The van der Waals surface area contributed by atoms with E-state index in [1.165, 1.54) is 19.3 Å². The van der Waals surface area contributed by atoms with Gasteiger partial charge < -0.3 is 10.4 Å². The highest BCUT2D eigenvalue weighted by Gasteiger charge is 2.40. The molecule has 2 unspecified atom stereocenters. The summed E-state index contributed by atoms with van der Waals surface area (Å²) in [5, 5.41) is 12.8. The molecule has 1 saturated carbocycles. The molecule has 0 saturated heterocycles. The van der Waals surface area contributed by atoms with Crippen LogP contribution in [0.15, 0.2) is 0 Å². The SMILES string of the molecule is CCCNC1C(CO)CCC1(C)C. The molecule has 2 N–H and O–H groups in total. The number of aliphatic hydroxyl groups excluding tert-OH is 1. The Labute approximate surface area is 81.7 Å². The van der Waals surface area contributed by atoms with Gasteiger partial charge in [0.15, 0.2) is 0 Å². The Bertz CT molecular complexity index is 156. The van der Waals surface area contributed by atoms with Crippen LogP contribution in [0.5, 0.6) is 0 Å². The Morgan fingerprint density at radius 3 is 2.69 bits per heavy atom. The van der Waals surface area contributed by atoms with Crippen LogP contribution in [0.2, 0.25) is 0 Å². The molecular formula is C11H23NO. The minimum Gasteiger partial charge on any atom is -0.396 e. The van der Waals surface area contributed by atoms with E-state index in [0.29, 0.717) is 24.0 Å². The van der Waals surface area contributed by atoms with Crippen molar-refractivity contribution in [3.63, 3.8) is 0 Å². The van der Waals surface area contributed by atoms with Crippen molar-refractivity contribution >= 4 is 0 Å². The van der Waals surface area contributed by atoms with Crippen LogP contribution in [-0.2, 0) is 0 Å². The molecule has 0 bridgehead atoms. The molecule has 0 aromatic heterocycles. The monoisotopic (exact) mass is 185 g/mol. The first-order valence-electron chi connectivity index (χ1n) is 5.46. The van der Waals surface area contributed by atoms with Gasteiger partial charge in [-0.3, -0.25) is 0 Å². The van der Waals surface area contributed by atoms with E-state index in [9.17, 15) is 5.11 Å². The largest absolute Gasteiger partial charge is 0.396 e. The average molecular weight is 185 g/mol. The lowest BCUT2D eigenvalue weighted by atomic mass is 9.85. The number of rotatable bonds is 4. The third-order valence-corrected chi connectivity index (χ3v) is 3.32. The molecule has 1 aliphatic rings. The van der Waals surface area contributed by atoms with Crippen molar-refractivity contribution in [2.45, 2.75) is 46.1 Å². The average Bonchev–Trinajstić information content (AvgIpc) is 2.37. The van der Waals surface area contributed by atoms with E-state index in [0.717, 1.165) is 6.54 Å².